The van der Waals surface area contributed by atoms with Crippen LogP contribution in [0, 0.1) is 5.82 Å². The number of hydrogen-bond acceptors (Lipinski definition) is 3. The number of allylic oxidation sites excluding steroid dienone is 1. The van der Waals surface area contributed by atoms with Crippen molar-refractivity contribution in [2.75, 3.05) is 26.2 Å². The van der Waals surface area contributed by atoms with Gasteiger partial charge >= 0.3 is 0 Å². The van der Waals surface area contributed by atoms with Crippen molar-refractivity contribution >= 4 is 5.91 Å². The van der Waals surface area contributed by atoms with Crippen LogP contribution in [0.1, 0.15) is 37.7 Å². The standard InChI is InChI=1S/C20H27FN2O2/c21-18-8-6-17(7-9-18)15-23(12-10-16-4-2-1-3-5-16)20(24)19-14-22-11-13-25-19/h4,6-9,19,22H,1-3,5,10-15H2/t19-/m1/s1. The monoisotopic (exact) mass is 346 g/mol. The van der Waals surface area contributed by atoms with Crippen molar-refractivity contribution in [3.63, 3.8) is 0 Å². The number of hydrogen-bond donors (Lipinski definition) is 1. The summed E-state index contributed by atoms with van der Waals surface area (Å²) in [5.74, 6) is -0.235. The molecule has 0 radical (unpaired) electrons. The summed E-state index contributed by atoms with van der Waals surface area (Å²) >= 11 is 0. The van der Waals surface area contributed by atoms with Crippen molar-refractivity contribution in [3.05, 3.63) is 47.3 Å². The molecule has 0 aromatic heterocycles. The van der Waals surface area contributed by atoms with Crippen LogP contribution >= 0.6 is 0 Å². The summed E-state index contributed by atoms with van der Waals surface area (Å²) in [7, 11) is 0. The molecule has 1 fully saturated rings. The largest absolute Gasteiger partial charge is 0.366 e. The Kier molecular flexibility index (Phi) is 6.59. The summed E-state index contributed by atoms with van der Waals surface area (Å²) in [6.07, 6.45) is 7.61. The van der Waals surface area contributed by atoms with Gasteiger partial charge in [0.1, 0.15) is 11.9 Å². The lowest BCUT2D eigenvalue weighted by atomic mass is 9.97. The van der Waals surface area contributed by atoms with Gasteiger partial charge < -0.3 is 15.0 Å². The lowest BCUT2D eigenvalue weighted by molar-refractivity contribution is -0.145. The minimum absolute atomic E-state index is 0.0212. The Balaban J connectivity index is 1.66. The van der Waals surface area contributed by atoms with Crippen LogP contribution in [0.4, 0.5) is 4.39 Å². The van der Waals surface area contributed by atoms with E-state index in [1.165, 1.54) is 30.5 Å². The zero-order valence-corrected chi connectivity index (χ0v) is 14.7. The van der Waals surface area contributed by atoms with Gasteiger partial charge in [0.05, 0.1) is 6.61 Å². The molecule has 4 nitrogen and oxygen atoms in total. The van der Waals surface area contributed by atoms with Gasteiger partial charge in [-0.1, -0.05) is 23.8 Å². The highest BCUT2D eigenvalue weighted by Crippen LogP contribution is 2.21. The van der Waals surface area contributed by atoms with Crippen molar-refractivity contribution in [3.8, 4) is 0 Å². The third-order valence-corrected chi connectivity index (χ3v) is 4.89. The van der Waals surface area contributed by atoms with Crippen molar-refractivity contribution in [2.24, 2.45) is 0 Å². The zero-order chi connectivity index (χ0) is 17.5. The van der Waals surface area contributed by atoms with Gasteiger partial charge in [-0.05, 0) is 49.8 Å². The number of morpholine rings is 1. The molecule has 1 saturated heterocycles. The van der Waals surface area contributed by atoms with Gasteiger partial charge in [0.25, 0.3) is 5.91 Å². The maximum Gasteiger partial charge on any atom is 0.253 e. The predicted octanol–water partition coefficient (Wildman–Crippen LogP) is 3.03. The van der Waals surface area contributed by atoms with E-state index in [0.717, 1.165) is 31.4 Å². The van der Waals surface area contributed by atoms with Crippen LogP contribution < -0.4 is 5.32 Å². The van der Waals surface area contributed by atoms with Gasteiger partial charge in [0, 0.05) is 26.2 Å². The molecule has 1 amide bonds. The van der Waals surface area contributed by atoms with Crippen LogP contribution in [0.5, 0.6) is 0 Å². The molecule has 1 atom stereocenters. The van der Waals surface area contributed by atoms with Gasteiger partial charge in [-0.2, -0.15) is 0 Å². The number of rotatable bonds is 6. The van der Waals surface area contributed by atoms with Gasteiger partial charge in [0.15, 0.2) is 0 Å². The Morgan fingerprint density at radius 2 is 2.12 bits per heavy atom. The van der Waals surface area contributed by atoms with Crippen molar-refractivity contribution < 1.29 is 13.9 Å². The Morgan fingerprint density at radius 3 is 2.80 bits per heavy atom. The molecular formula is C20H27FN2O2. The number of amides is 1. The fourth-order valence-corrected chi connectivity index (χ4v) is 3.42. The lowest BCUT2D eigenvalue weighted by Crippen LogP contribution is -2.49. The maximum absolute atomic E-state index is 13.1. The molecule has 0 bridgehead atoms. The van der Waals surface area contributed by atoms with E-state index < -0.39 is 6.10 Å². The Labute approximate surface area is 149 Å². The number of nitrogens with one attached hydrogen (secondary N) is 1. The van der Waals surface area contributed by atoms with Crippen LogP contribution in [0.3, 0.4) is 0 Å². The fourth-order valence-electron chi connectivity index (χ4n) is 3.42. The molecule has 0 saturated carbocycles. The first-order valence-corrected chi connectivity index (χ1v) is 9.26. The van der Waals surface area contributed by atoms with Gasteiger partial charge in [0.2, 0.25) is 0 Å². The highest BCUT2D eigenvalue weighted by Gasteiger charge is 2.27. The topological polar surface area (TPSA) is 41.6 Å². The van der Waals surface area contributed by atoms with Gasteiger partial charge in [-0.3, -0.25) is 4.79 Å². The Morgan fingerprint density at radius 1 is 1.28 bits per heavy atom. The molecule has 0 spiro atoms. The van der Waals surface area contributed by atoms with E-state index >= 15 is 0 Å². The minimum Gasteiger partial charge on any atom is -0.366 e. The second-order valence-electron chi connectivity index (χ2n) is 6.81. The first-order valence-electron chi connectivity index (χ1n) is 9.26. The summed E-state index contributed by atoms with van der Waals surface area (Å²) in [5, 5.41) is 3.21. The smallest absolute Gasteiger partial charge is 0.253 e. The highest BCUT2D eigenvalue weighted by molar-refractivity contribution is 5.81. The second kappa shape index (κ2) is 9.11. The summed E-state index contributed by atoms with van der Waals surface area (Å²) in [6, 6.07) is 6.38. The summed E-state index contributed by atoms with van der Waals surface area (Å²) in [4.78, 5) is 14.8. The molecule has 136 valence electrons. The molecule has 1 aliphatic carbocycles. The van der Waals surface area contributed by atoms with E-state index in [9.17, 15) is 9.18 Å². The van der Waals surface area contributed by atoms with E-state index in [1.54, 1.807) is 12.1 Å². The molecule has 0 unspecified atom stereocenters. The highest BCUT2D eigenvalue weighted by atomic mass is 19.1. The van der Waals surface area contributed by atoms with E-state index in [4.69, 9.17) is 4.74 Å². The predicted molar refractivity (Wildman–Crippen MR) is 95.6 cm³/mol. The average molecular weight is 346 g/mol. The SMILES string of the molecule is O=C([C@H]1CNCCO1)N(CCC1=CCCCC1)Cc1ccc(F)cc1. The van der Waals surface area contributed by atoms with Crippen molar-refractivity contribution in [1.29, 1.82) is 0 Å². The Hall–Kier alpha value is -1.72. The lowest BCUT2D eigenvalue weighted by Gasteiger charge is -2.30. The van der Waals surface area contributed by atoms with Crippen molar-refractivity contribution in [2.45, 2.75) is 44.8 Å². The molecule has 1 aliphatic heterocycles. The third-order valence-electron chi connectivity index (χ3n) is 4.89. The van der Waals surface area contributed by atoms with Crippen molar-refractivity contribution in [1.82, 2.24) is 10.2 Å². The summed E-state index contributed by atoms with van der Waals surface area (Å²) in [6.45, 7) is 3.08. The van der Waals surface area contributed by atoms with Crippen LogP contribution in [0.2, 0.25) is 0 Å². The van der Waals surface area contributed by atoms with Gasteiger partial charge in [-0.25, -0.2) is 4.39 Å². The zero-order valence-electron chi connectivity index (χ0n) is 14.7. The maximum atomic E-state index is 13.1. The molecule has 3 rings (SSSR count). The van der Waals surface area contributed by atoms with Crippen LogP contribution in [-0.2, 0) is 16.1 Å². The van der Waals surface area contributed by atoms with E-state index in [0.29, 0.717) is 26.2 Å². The summed E-state index contributed by atoms with van der Waals surface area (Å²) < 4.78 is 18.8. The first kappa shape index (κ1) is 18.1. The molecule has 5 heteroatoms. The fraction of sp³-hybridized carbons (Fsp3) is 0.550. The van der Waals surface area contributed by atoms with E-state index in [2.05, 4.69) is 11.4 Å². The van der Waals surface area contributed by atoms with Gasteiger partial charge in [-0.15, -0.1) is 0 Å². The van der Waals surface area contributed by atoms with Crippen LogP contribution in [-0.4, -0.2) is 43.2 Å². The minimum atomic E-state index is -0.422. The van der Waals surface area contributed by atoms with Crippen LogP contribution in [0.15, 0.2) is 35.9 Å². The summed E-state index contributed by atoms with van der Waals surface area (Å²) in [5.41, 5.74) is 2.39. The molecule has 1 N–H and O–H groups in total. The number of carbonyl (C=O) groups is 1. The molecule has 1 aromatic rings. The normalized spacial score (nSPS) is 20.8. The molecule has 1 heterocycles. The Bertz CT molecular complexity index is 594. The number of ether oxygens (including phenoxy) is 1. The number of halogens is 1. The van der Waals surface area contributed by atoms with Crippen LogP contribution in [0.25, 0.3) is 0 Å². The van der Waals surface area contributed by atoms with E-state index in [-0.39, 0.29) is 11.7 Å². The quantitative estimate of drug-likeness (QED) is 0.805. The molecular weight excluding hydrogens is 319 g/mol. The molecule has 2 aliphatic rings. The number of carbonyl (C=O) groups excluding carboxylic acids is 1. The third kappa shape index (κ3) is 5.38. The number of benzene rings is 1. The average Bonchev–Trinajstić information content (AvgIpc) is 2.67. The van der Waals surface area contributed by atoms with E-state index in [1.807, 2.05) is 4.90 Å². The number of nitrogens with zero attached hydrogens (tertiary/aromatic N) is 1. The molecule has 25 heavy (non-hydrogen) atoms. The second-order valence-corrected chi connectivity index (χ2v) is 6.81. The molecule has 1 aromatic carbocycles. The first-order chi connectivity index (χ1) is 12.2.